The first-order valence-corrected chi connectivity index (χ1v) is 16.9. The Kier molecular flexibility index (Phi) is 10.1. The fourth-order valence-corrected chi connectivity index (χ4v) is 7.76. The standard InChI is InChI=1S/C35H43N11O3/c1-21-27-18-26(19-36)46(31(21)27)30(47)20-39-11-10-35(34-42-44-45-43-34)28-8-6-24(32(48)40-14-12-37-2)16-22(28)4-5-23-17-25(7-9-29(23)35)33(49)41-15-13-38-3/h6-9,12,16-17,21,26-27,31,38-39H,4-5,10-11,13-15,18,20H2,1-3H3,(H,40,48)(H,41,49)(H,42,43,44,45)/t21-,26?,27+,31-,35?/m0/s1. The Bertz CT molecular complexity index is 1770. The summed E-state index contributed by atoms with van der Waals surface area (Å²) in [4.78, 5) is 45.3. The number of amides is 3. The van der Waals surface area contributed by atoms with Crippen LogP contribution in [0.5, 0.6) is 0 Å². The van der Waals surface area contributed by atoms with Crippen molar-refractivity contribution in [2.24, 2.45) is 16.8 Å². The second-order valence-corrected chi connectivity index (χ2v) is 13.0. The van der Waals surface area contributed by atoms with Crippen LogP contribution in [0, 0.1) is 23.2 Å². The fourth-order valence-electron chi connectivity index (χ4n) is 7.76. The van der Waals surface area contributed by atoms with E-state index < -0.39 is 5.41 Å². The lowest BCUT2D eigenvalue weighted by Gasteiger charge is -2.34. The molecule has 2 unspecified atom stereocenters. The highest BCUT2D eigenvalue weighted by Crippen LogP contribution is 2.53. The molecule has 5 atom stereocenters. The number of nitriles is 1. The number of aromatic amines is 1. The van der Waals surface area contributed by atoms with Crippen molar-refractivity contribution in [2.75, 3.05) is 46.8 Å². The third-order valence-corrected chi connectivity index (χ3v) is 10.3. The average Bonchev–Trinajstić information content (AvgIpc) is 3.45. The molecule has 3 aromatic rings. The number of fused-ring (bicyclic) bond motifs is 3. The van der Waals surface area contributed by atoms with Gasteiger partial charge in [-0.3, -0.25) is 19.4 Å². The first-order chi connectivity index (χ1) is 23.8. The molecule has 5 N–H and O–H groups in total. The molecule has 256 valence electrons. The van der Waals surface area contributed by atoms with Crippen molar-refractivity contribution in [1.82, 2.24) is 46.8 Å². The van der Waals surface area contributed by atoms with E-state index in [9.17, 15) is 19.6 Å². The van der Waals surface area contributed by atoms with Crippen molar-refractivity contribution in [3.8, 4) is 6.07 Å². The maximum Gasteiger partial charge on any atom is 0.251 e. The number of nitrogens with zero attached hydrogens (tertiary/aromatic N) is 6. The van der Waals surface area contributed by atoms with Crippen LogP contribution in [0.15, 0.2) is 41.4 Å². The second-order valence-electron chi connectivity index (χ2n) is 13.0. The minimum atomic E-state index is -0.922. The first-order valence-electron chi connectivity index (χ1n) is 16.9. The molecule has 0 bridgehead atoms. The van der Waals surface area contributed by atoms with Gasteiger partial charge in [0.25, 0.3) is 11.8 Å². The van der Waals surface area contributed by atoms with Crippen LogP contribution in [0.3, 0.4) is 0 Å². The van der Waals surface area contributed by atoms with Gasteiger partial charge in [-0.25, -0.2) is 0 Å². The predicted octanol–water partition coefficient (Wildman–Crippen LogP) is 0.751. The first kappa shape index (κ1) is 33.9. The van der Waals surface area contributed by atoms with E-state index in [0.29, 0.717) is 74.2 Å². The van der Waals surface area contributed by atoms with E-state index >= 15 is 0 Å². The molecule has 1 aliphatic heterocycles. The Hall–Kier alpha value is -5.00. The fraction of sp³-hybridized carbons (Fsp3) is 0.486. The number of H-pyrrole nitrogens is 1. The van der Waals surface area contributed by atoms with E-state index in [4.69, 9.17) is 0 Å². The Morgan fingerprint density at radius 2 is 1.76 bits per heavy atom. The van der Waals surface area contributed by atoms with Gasteiger partial charge in [0.05, 0.1) is 24.6 Å². The summed E-state index contributed by atoms with van der Waals surface area (Å²) in [6.07, 6.45) is 4.06. The highest BCUT2D eigenvalue weighted by atomic mass is 16.2. The number of aromatic nitrogens is 4. The zero-order chi connectivity index (χ0) is 34.5. The number of carbonyl (C=O) groups excluding carboxylic acids is 3. The average molecular weight is 666 g/mol. The molecule has 3 aliphatic rings. The summed E-state index contributed by atoms with van der Waals surface area (Å²) in [5, 5.41) is 37.5. The molecular formula is C35H43N11O3. The van der Waals surface area contributed by atoms with Crippen LogP contribution in [0.2, 0.25) is 0 Å². The predicted molar refractivity (Wildman–Crippen MR) is 182 cm³/mol. The zero-order valence-electron chi connectivity index (χ0n) is 28.1. The monoisotopic (exact) mass is 665 g/mol. The Morgan fingerprint density at radius 3 is 2.37 bits per heavy atom. The molecule has 2 fully saturated rings. The third-order valence-electron chi connectivity index (χ3n) is 10.3. The quantitative estimate of drug-likeness (QED) is 0.129. The number of piperidine rings is 1. The molecule has 49 heavy (non-hydrogen) atoms. The molecule has 0 radical (unpaired) electrons. The smallest absolute Gasteiger partial charge is 0.251 e. The van der Waals surface area contributed by atoms with E-state index in [-0.39, 0.29) is 36.3 Å². The van der Waals surface area contributed by atoms with Crippen LogP contribution in [0.25, 0.3) is 0 Å². The summed E-state index contributed by atoms with van der Waals surface area (Å²) >= 11 is 0. The van der Waals surface area contributed by atoms with Crippen molar-refractivity contribution in [3.63, 3.8) is 0 Å². The van der Waals surface area contributed by atoms with Crippen molar-refractivity contribution in [3.05, 3.63) is 75.6 Å². The zero-order valence-corrected chi connectivity index (χ0v) is 28.1. The van der Waals surface area contributed by atoms with Gasteiger partial charge in [0, 0.05) is 43.5 Å². The lowest BCUT2D eigenvalue weighted by atomic mass is 9.69. The van der Waals surface area contributed by atoms with Gasteiger partial charge in [0.1, 0.15) is 6.04 Å². The number of aliphatic imine (C=N–C) groups is 1. The molecule has 6 rings (SSSR count). The van der Waals surface area contributed by atoms with Crippen LogP contribution in [0.1, 0.15) is 68.6 Å². The van der Waals surface area contributed by atoms with Crippen LogP contribution in [0.4, 0.5) is 0 Å². The lowest BCUT2D eigenvalue weighted by molar-refractivity contribution is -0.131. The number of hydrogen-bond donors (Lipinski definition) is 5. The van der Waals surface area contributed by atoms with Crippen molar-refractivity contribution < 1.29 is 14.4 Å². The molecule has 1 saturated heterocycles. The van der Waals surface area contributed by atoms with Gasteiger partial charge in [0.15, 0.2) is 5.82 Å². The maximum atomic E-state index is 13.4. The Morgan fingerprint density at radius 1 is 1.06 bits per heavy atom. The second kappa shape index (κ2) is 14.6. The van der Waals surface area contributed by atoms with Gasteiger partial charge in [0.2, 0.25) is 5.91 Å². The summed E-state index contributed by atoms with van der Waals surface area (Å²) in [6, 6.07) is 13.5. The molecule has 14 nitrogen and oxygen atoms in total. The Labute approximate surface area is 285 Å². The minimum Gasteiger partial charge on any atom is -0.351 e. The summed E-state index contributed by atoms with van der Waals surface area (Å²) in [7, 11) is 3.49. The molecule has 1 aromatic heterocycles. The van der Waals surface area contributed by atoms with Gasteiger partial charge in [-0.15, -0.1) is 10.2 Å². The minimum absolute atomic E-state index is 0.0728. The molecule has 2 heterocycles. The molecule has 3 amide bonds. The summed E-state index contributed by atoms with van der Waals surface area (Å²) in [5.41, 5.74) is 3.93. The van der Waals surface area contributed by atoms with Crippen molar-refractivity contribution in [1.29, 1.82) is 5.26 Å². The topological polar surface area (TPSA) is 193 Å². The van der Waals surface area contributed by atoms with Crippen molar-refractivity contribution in [2.45, 2.75) is 50.1 Å². The number of carbonyl (C=O) groups is 3. The van der Waals surface area contributed by atoms with Gasteiger partial charge >= 0.3 is 0 Å². The summed E-state index contributed by atoms with van der Waals surface area (Å²) < 4.78 is 0. The van der Waals surface area contributed by atoms with Crippen LogP contribution in [-0.2, 0) is 23.1 Å². The van der Waals surface area contributed by atoms with E-state index in [1.54, 1.807) is 24.2 Å². The number of tetrazole rings is 1. The highest BCUT2D eigenvalue weighted by molar-refractivity contribution is 5.96. The van der Waals surface area contributed by atoms with Crippen molar-refractivity contribution >= 4 is 23.9 Å². The van der Waals surface area contributed by atoms with Gasteiger partial charge < -0.3 is 26.2 Å². The number of rotatable bonds is 13. The summed E-state index contributed by atoms with van der Waals surface area (Å²) in [5.74, 6) is 0.847. The molecule has 2 aromatic carbocycles. The van der Waals surface area contributed by atoms with Crippen LogP contribution >= 0.6 is 0 Å². The Balaban J connectivity index is 1.34. The van der Waals surface area contributed by atoms with E-state index in [0.717, 1.165) is 28.7 Å². The third kappa shape index (κ3) is 6.56. The van der Waals surface area contributed by atoms with E-state index in [1.165, 1.54) is 0 Å². The normalized spacial score (nSPS) is 23.6. The molecule has 0 spiro atoms. The van der Waals surface area contributed by atoms with E-state index in [1.807, 2.05) is 37.4 Å². The van der Waals surface area contributed by atoms with E-state index in [2.05, 4.69) is 59.9 Å². The van der Waals surface area contributed by atoms with Crippen LogP contribution < -0.4 is 21.3 Å². The SMILES string of the molecule is CN=CCNC(=O)c1ccc2c(c1)CCc1cc(C(=O)NCCNC)ccc1C2(CCNCC(=O)N1C(C#N)C[C@@H]2[C@H](C)[C@@H]21)c1nn[nH]n1. The maximum absolute atomic E-state index is 13.4. The lowest BCUT2D eigenvalue weighted by Crippen LogP contribution is -2.44. The number of likely N-dealkylation sites (tertiary alicyclic amines) is 1. The van der Waals surface area contributed by atoms with Gasteiger partial charge in [-0.1, -0.05) is 24.3 Å². The molecule has 2 aliphatic carbocycles. The van der Waals surface area contributed by atoms with Crippen LogP contribution in [-0.4, -0.2) is 108 Å². The number of hydrogen-bond acceptors (Lipinski definition) is 10. The van der Waals surface area contributed by atoms with Gasteiger partial charge in [-0.05, 0) is 97.6 Å². The largest absolute Gasteiger partial charge is 0.351 e. The number of aryl methyl sites for hydroxylation is 2. The summed E-state index contributed by atoms with van der Waals surface area (Å²) in [6.45, 7) is 4.12. The van der Waals surface area contributed by atoms with Gasteiger partial charge in [-0.2, -0.15) is 10.5 Å². The molecule has 1 saturated carbocycles. The number of likely N-dealkylation sites (N-methyl/N-ethyl adjacent to an activating group) is 1. The number of benzene rings is 2. The molecular weight excluding hydrogens is 622 g/mol. The molecule has 14 heteroatoms. The highest BCUT2D eigenvalue weighted by Gasteiger charge is 2.60. The number of nitrogens with one attached hydrogen (secondary N) is 5.